The number of rotatable bonds is 8. The van der Waals surface area contributed by atoms with Crippen LogP contribution in [0.1, 0.15) is 37.8 Å². The number of sulfonamides is 1. The van der Waals surface area contributed by atoms with Gasteiger partial charge in [-0.15, -0.1) is 0 Å². The Bertz CT molecular complexity index is 951. The Labute approximate surface area is 172 Å². The summed E-state index contributed by atoms with van der Waals surface area (Å²) < 4.78 is 32.2. The predicted octanol–water partition coefficient (Wildman–Crippen LogP) is 3.61. The van der Waals surface area contributed by atoms with Gasteiger partial charge in [-0.2, -0.15) is 4.31 Å². The highest BCUT2D eigenvalue weighted by Crippen LogP contribution is 2.29. The fourth-order valence-corrected chi connectivity index (χ4v) is 5.10. The van der Waals surface area contributed by atoms with E-state index in [0.717, 1.165) is 25.0 Å². The highest BCUT2D eigenvalue weighted by molar-refractivity contribution is 7.89. The van der Waals surface area contributed by atoms with Crippen molar-refractivity contribution in [3.05, 3.63) is 53.6 Å². The van der Waals surface area contributed by atoms with Gasteiger partial charge < -0.3 is 10.1 Å². The second-order valence-corrected chi connectivity index (χ2v) is 8.99. The van der Waals surface area contributed by atoms with Gasteiger partial charge in [0, 0.05) is 18.8 Å². The van der Waals surface area contributed by atoms with E-state index >= 15 is 0 Å². The quantitative estimate of drug-likeness (QED) is 0.713. The number of aryl methyl sites for hydroxylation is 1. The number of hydrogen-bond acceptors (Lipinski definition) is 4. The van der Waals surface area contributed by atoms with Gasteiger partial charge in [0.1, 0.15) is 5.75 Å². The van der Waals surface area contributed by atoms with Gasteiger partial charge in [0.05, 0.1) is 4.90 Å². The summed E-state index contributed by atoms with van der Waals surface area (Å²) in [6.07, 6.45) is 4.37. The average Bonchev–Trinajstić information content (AvgIpc) is 2.73. The third kappa shape index (κ3) is 4.97. The first-order valence-corrected chi connectivity index (χ1v) is 11.5. The van der Waals surface area contributed by atoms with E-state index in [9.17, 15) is 13.2 Å². The highest BCUT2D eigenvalue weighted by Gasteiger charge is 2.21. The maximum Gasteiger partial charge on any atom is 0.262 e. The smallest absolute Gasteiger partial charge is 0.262 e. The molecule has 0 spiro atoms. The van der Waals surface area contributed by atoms with Crippen molar-refractivity contribution in [2.24, 2.45) is 0 Å². The summed E-state index contributed by atoms with van der Waals surface area (Å²) in [5.41, 5.74) is 3.05. The normalized spacial score (nSPS) is 13.8. The van der Waals surface area contributed by atoms with Crippen molar-refractivity contribution >= 4 is 21.6 Å². The van der Waals surface area contributed by atoms with Gasteiger partial charge in [-0.05, 0) is 67.1 Å². The van der Waals surface area contributed by atoms with Crippen LogP contribution in [-0.2, 0) is 27.7 Å². The Morgan fingerprint density at radius 2 is 1.72 bits per heavy atom. The van der Waals surface area contributed by atoms with Gasteiger partial charge in [0.25, 0.3) is 5.91 Å². The van der Waals surface area contributed by atoms with Crippen LogP contribution in [0.4, 0.5) is 5.69 Å². The first-order chi connectivity index (χ1) is 14.0. The Morgan fingerprint density at radius 3 is 2.41 bits per heavy atom. The number of amides is 1. The molecule has 0 aliphatic heterocycles. The van der Waals surface area contributed by atoms with Crippen LogP contribution >= 0.6 is 0 Å². The Hall–Kier alpha value is -2.38. The lowest BCUT2D eigenvalue weighted by atomic mass is 9.91. The van der Waals surface area contributed by atoms with Gasteiger partial charge >= 0.3 is 0 Å². The molecule has 1 amide bonds. The second-order valence-electron chi connectivity index (χ2n) is 7.05. The lowest BCUT2D eigenvalue weighted by Gasteiger charge is -2.19. The zero-order valence-corrected chi connectivity index (χ0v) is 17.8. The Morgan fingerprint density at radius 1 is 1.03 bits per heavy atom. The summed E-state index contributed by atoms with van der Waals surface area (Å²) in [5.74, 6) is 0.496. The molecule has 29 heavy (non-hydrogen) atoms. The molecule has 0 aromatic heterocycles. The monoisotopic (exact) mass is 416 g/mol. The largest absolute Gasteiger partial charge is 0.483 e. The van der Waals surface area contributed by atoms with E-state index in [1.54, 1.807) is 26.0 Å². The number of nitrogens with zero attached hydrogens (tertiary/aromatic N) is 1. The van der Waals surface area contributed by atoms with Crippen LogP contribution in [0.25, 0.3) is 0 Å². The van der Waals surface area contributed by atoms with E-state index in [1.165, 1.54) is 34.0 Å². The van der Waals surface area contributed by atoms with Gasteiger partial charge in [0.2, 0.25) is 10.0 Å². The van der Waals surface area contributed by atoms with Crippen LogP contribution in [0.5, 0.6) is 5.75 Å². The molecule has 2 aromatic carbocycles. The lowest BCUT2D eigenvalue weighted by molar-refractivity contribution is -0.118. The highest BCUT2D eigenvalue weighted by atomic mass is 32.2. The SMILES string of the molecule is CCN(CC)S(=O)(=O)c1ccc(NC(=O)COc2cccc3c2CCCC3)cc1. The lowest BCUT2D eigenvalue weighted by Crippen LogP contribution is -2.30. The molecule has 0 saturated carbocycles. The first kappa shape index (κ1) is 21.3. The van der Waals surface area contributed by atoms with Crippen LogP contribution in [-0.4, -0.2) is 38.3 Å². The number of hydrogen-bond donors (Lipinski definition) is 1. The molecule has 1 aliphatic carbocycles. The molecule has 6 nitrogen and oxygen atoms in total. The van der Waals surface area contributed by atoms with Crippen LogP contribution in [0.2, 0.25) is 0 Å². The van der Waals surface area contributed by atoms with Crippen molar-refractivity contribution in [2.75, 3.05) is 25.0 Å². The first-order valence-electron chi connectivity index (χ1n) is 10.1. The maximum absolute atomic E-state index is 12.5. The molecular weight excluding hydrogens is 388 g/mol. The standard InChI is InChI=1S/C22H28N2O4S/c1-3-24(4-2)29(26,27)19-14-12-18(13-15-19)23-22(25)16-28-21-11-7-9-17-8-5-6-10-20(17)21/h7,9,11-15H,3-6,8,10,16H2,1-2H3,(H,23,25). The zero-order chi connectivity index (χ0) is 20.9. The average molecular weight is 417 g/mol. The van der Waals surface area contributed by atoms with E-state index in [-0.39, 0.29) is 17.4 Å². The molecule has 0 bridgehead atoms. The summed E-state index contributed by atoms with van der Waals surface area (Å²) >= 11 is 0. The molecular formula is C22H28N2O4S. The maximum atomic E-state index is 12.5. The van der Waals surface area contributed by atoms with E-state index in [0.29, 0.717) is 18.8 Å². The molecule has 1 N–H and O–H groups in total. The van der Waals surface area contributed by atoms with Crippen molar-refractivity contribution in [1.29, 1.82) is 0 Å². The summed E-state index contributed by atoms with van der Waals surface area (Å²) in [6.45, 7) is 4.35. The minimum absolute atomic E-state index is 0.0874. The van der Waals surface area contributed by atoms with Gasteiger partial charge in [0.15, 0.2) is 6.61 Å². The van der Waals surface area contributed by atoms with Crippen molar-refractivity contribution in [3.8, 4) is 5.75 Å². The molecule has 156 valence electrons. The fraction of sp³-hybridized carbons (Fsp3) is 0.409. The number of fused-ring (bicyclic) bond motifs is 1. The van der Waals surface area contributed by atoms with Gasteiger partial charge in [-0.25, -0.2) is 8.42 Å². The summed E-state index contributed by atoms with van der Waals surface area (Å²) in [4.78, 5) is 12.5. The molecule has 0 radical (unpaired) electrons. The molecule has 0 atom stereocenters. The molecule has 0 unspecified atom stereocenters. The summed E-state index contributed by atoms with van der Waals surface area (Å²) in [6, 6.07) is 12.2. The van der Waals surface area contributed by atoms with Crippen molar-refractivity contribution in [2.45, 2.75) is 44.4 Å². The number of benzene rings is 2. The third-order valence-corrected chi connectivity index (χ3v) is 7.26. The minimum Gasteiger partial charge on any atom is -0.483 e. The van der Waals surface area contributed by atoms with Crippen LogP contribution < -0.4 is 10.1 Å². The Kier molecular flexibility index (Phi) is 6.92. The van der Waals surface area contributed by atoms with E-state index < -0.39 is 10.0 Å². The molecule has 0 saturated heterocycles. The van der Waals surface area contributed by atoms with Crippen LogP contribution in [0.15, 0.2) is 47.4 Å². The minimum atomic E-state index is -3.51. The topological polar surface area (TPSA) is 75.7 Å². The number of carbonyl (C=O) groups is 1. The number of carbonyl (C=O) groups excluding carboxylic acids is 1. The van der Waals surface area contributed by atoms with Crippen molar-refractivity contribution in [1.82, 2.24) is 4.31 Å². The van der Waals surface area contributed by atoms with Crippen LogP contribution in [0, 0.1) is 0 Å². The molecule has 3 rings (SSSR count). The number of anilines is 1. The summed E-state index contributed by atoms with van der Waals surface area (Å²) in [5, 5.41) is 2.76. The number of nitrogens with one attached hydrogen (secondary N) is 1. The van der Waals surface area contributed by atoms with Crippen LogP contribution in [0.3, 0.4) is 0 Å². The molecule has 1 aliphatic rings. The molecule has 0 fully saturated rings. The number of ether oxygens (including phenoxy) is 1. The van der Waals surface area contributed by atoms with Gasteiger partial charge in [-0.1, -0.05) is 26.0 Å². The third-order valence-electron chi connectivity index (χ3n) is 5.19. The molecule has 7 heteroatoms. The molecule has 2 aromatic rings. The Balaban J connectivity index is 1.60. The fourth-order valence-electron chi connectivity index (χ4n) is 3.64. The van der Waals surface area contributed by atoms with E-state index in [2.05, 4.69) is 11.4 Å². The summed E-state index contributed by atoms with van der Waals surface area (Å²) in [7, 11) is -3.51. The predicted molar refractivity (Wildman–Crippen MR) is 114 cm³/mol. The second kappa shape index (κ2) is 9.41. The van der Waals surface area contributed by atoms with Crippen molar-refractivity contribution in [3.63, 3.8) is 0 Å². The molecule has 0 heterocycles. The van der Waals surface area contributed by atoms with Gasteiger partial charge in [-0.3, -0.25) is 4.79 Å². The van der Waals surface area contributed by atoms with E-state index in [4.69, 9.17) is 4.74 Å². The van der Waals surface area contributed by atoms with Crippen molar-refractivity contribution < 1.29 is 17.9 Å². The zero-order valence-electron chi connectivity index (χ0n) is 17.0. The van der Waals surface area contributed by atoms with E-state index in [1.807, 2.05) is 12.1 Å².